The summed E-state index contributed by atoms with van der Waals surface area (Å²) >= 11 is 0. The third-order valence-corrected chi connectivity index (χ3v) is 5.89. The molecule has 0 N–H and O–H groups in total. The predicted octanol–water partition coefficient (Wildman–Crippen LogP) is 3.18. The average Bonchev–Trinajstić information content (AvgIpc) is 2.62. The highest BCUT2D eigenvalue weighted by Gasteiger charge is 2.22. The fourth-order valence-electron chi connectivity index (χ4n) is 2.29. The van der Waals surface area contributed by atoms with E-state index in [9.17, 15) is 13.2 Å². The van der Waals surface area contributed by atoms with Crippen molar-refractivity contribution in [2.45, 2.75) is 18.7 Å². The smallest absolute Gasteiger partial charge is 0.336 e. The maximum atomic E-state index is 12.4. The topological polar surface area (TPSA) is 72.9 Å². The van der Waals surface area contributed by atoms with Gasteiger partial charge < -0.3 is 9.47 Å². The SMILES string of the molecule is COc1ccc(/C=C/C(=O)Oc2ccc(C)c(C)c2)cc1S(=O)(=O)N(C)C. The van der Waals surface area contributed by atoms with Crippen LogP contribution in [-0.4, -0.2) is 39.9 Å². The number of benzene rings is 2. The van der Waals surface area contributed by atoms with Crippen LogP contribution in [0.4, 0.5) is 0 Å². The van der Waals surface area contributed by atoms with Gasteiger partial charge in [0.1, 0.15) is 16.4 Å². The summed E-state index contributed by atoms with van der Waals surface area (Å²) in [6.07, 6.45) is 2.75. The monoisotopic (exact) mass is 389 g/mol. The Hall–Kier alpha value is -2.64. The van der Waals surface area contributed by atoms with Gasteiger partial charge in [-0.1, -0.05) is 12.1 Å². The molecule has 0 aliphatic carbocycles. The molecule has 0 amide bonds. The van der Waals surface area contributed by atoms with E-state index in [0.717, 1.165) is 15.4 Å². The van der Waals surface area contributed by atoms with E-state index in [1.165, 1.54) is 39.4 Å². The molecule has 0 radical (unpaired) electrons. The largest absolute Gasteiger partial charge is 0.495 e. The van der Waals surface area contributed by atoms with Gasteiger partial charge in [-0.15, -0.1) is 0 Å². The molecule has 0 aliphatic rings. The predicted molar refractivity (Wildman–Crippen MR) is 104 cm³/mol. The number of ether oxygens (including phenoxy) is 2. The summed E-state index contributed by atoms with van der Waals surface area (Å²) in [6.45, 7) is 3.91. The first-order valence-corrected chi connectivity index (χ1v) is 9.67. The van der Waals surface area contributed by atoms with Gasteiger partial charge in [-0.2, -0.15) is 0 Å². The van der Waals surface area contributed by atoms with Crippen LogP contribution in [0.15, 0.2) is 47.4 Å². The van der Waals surface area contributed by atoms with Gasteiger partial charge in [0.15, 0.2) is 0 Å². The summed E-state index contributed by atoms with van der Waals surface area (Å²) < 4.78 is 36.4. The van der Waals surface area contributed by atoms with E-state index in [2.05, 4.69) is 0 Å². The van der Waals surface area contributed by atoms with Crippen LogP contribution in [0.1, 0.15) is 16.7 Å². The Morgan fingerprint density at radius 2 is 1.74 bits per heavy atom. The Kier molecular flexibility index (Phi) is 6.41. The van der Waals surface area contributed by atoms with E-state index in [1.807, 2.05) is 19.9 Å². The molecule has 0 bridgehead atoms. The molecule has 7 heteroatoms. The summed E-state index contributed by atoms with van der Waals surface area (Å²) in [7, 11) is 0.609. The lowest BCUT2D eigenvalue weighted by Crippen LogP contribution is -2.22. The van der Waals surface area contributed by atoms with E-state index in [1.54, 1.807) is 24.3 Å². The molecule has 0 saturated heterocycles. The number of hydrogen-bond donors (Lipinski definition) is 0. The molecule has 0 spiro atoms. The summed E-state index contributed by atoms with van der Waals surface area (Å²) in [6, 6.07) is 10.1. The Balaban J connectivity index is 2.23. The second-order valence-corrected chi connectivity index (χ2v) is 8.32. The number of carbonyl (C=O) groups excluding carboxylic acids is 1. The molecule has 0 unspecified atom stereocenters. The number of hydrogen-bond acceptors (Lipinski definition) is 5. The minimum Gasteiger partial charge on any atom is -0.495 e. The summed E-state index contributed by atoms with van der Waals surface area (Å²) in [4.78, 5) is 12.1. The highest BCUT2D eigenvalue weighted by Crippen LogP contribution is 2.27. The highest BCUT2D eigenvalue weighted by atomic mass is 32.2. The van der Waals surface area contributed by atoms with Crippen LogP contribution in [0.3, 0.4) is 0 Å². The molecule has 27 heavy (non-hydrogen) atoms. The summed E-state index contributed by atoms with van der Waals surface area (Å²) in [5, 5.41) is 0. The number of sulfonamides is 1. The second-order valence-electron chi connectivity index (χ2n) is 6.20. The number of esters is 1. The Labute approximate surface area is 160 Å². The highest BCUT2D eigenvalue weighted by molar-refractivity contribution is 7.89. The van der Waals surface area contributed by atoms with E-state index in [0.29, 0.717) is 11.3 Å². The molecular formula is C20H23NO5S. The minimum absolute atomic E-state index is 0.0275. The van der Waals surface area contributed by atoms with Crippen LogP contribution in [0.25, 0.3) is 6.08 Å². The third kappa shape index (κ3) is 4.96. The van der Waals surface area contributed by atoms with Gasteiger partial charge in [-0.25, -0.2) is 17.5 Å². The van der Waals surface area contributed by atoms with Crippen molar-refractivity contribution in [3.8, 4) is 11.5 Å². The number of methoxy groups -OCH3 is 1. The van der Waals surface area contributed by atoms with Crippen LogP contribution in [0, 0.1) is 13.8 Å². The number of aryl methyl sites for hydroxylation is 2. The normalized spacial score (nSPS) is 11.8. The van der Waals surface area contributed by atoms with Crippen molar-refractivity contribution < 1.29 is 22.7 Å². The lowest BCUT2D eigenvalue weighted by atomic mass is 10.1. The van der Waals surface area contributed by atoms with Gasteiger partial charge in [-0.05, 0) is 60.9 Å². The molecule has 0 fully saturated rings. The molecule has 6 nitrogen and oxygen atoms in total. The molecule has 144 valence electrons. The molecule has 0 atom stereocenters. The van der Waals surface area contributed by atoms with Crippen molar-refractivity contribution in [2.24, 2.45) is 0 Å². The number of carbonyl (C=O) groups is 1. The van der Waals surface area contributed by atoms with Crippen molar-refractivity contribution in [1.29, 1.82) is 0 Å². The van der Waals surface area contributed by atoms with Crippen molar-refractivity contribution in [2.75, 3.05) is 21.2 Å². The Morgan fingerprint density at radius 1 is 1.04 bits per heavy atom. The Morgan fingerprint density at radius 3 is 2.33 bits per heavy atom. The molecule has 0 aromatic heterocycles. The average molecular weight is 389 g/mol. The van der Waals surface area contributed by atoms with Gasteiger partial charge in [0, 0.05) is 20.2 Å². The maximum absolute atomic E-state index is 12.4. The van der Waals surface area contributed by atoms with Gasteiger partial charge in [0.2, 0.25) is 10.0 Å². The molecule has 2 aromatic carbocycles. The van der Waals surface area contributed by atoms with Crippen LogP contribution < -0.4 is 9.47 Å². The fraction of sp³-hybridized carbons (Fsp3) is 0.250. The second kappa shape index (κ2) is 8.37. The summed E-state index contributed by atoms with van der Waals surface area (Å²) in [5.41, 5.74) is 2.67. The summed E-state index contributed by atoms with van der Waals surface area (Å²) in [5.74, 6) is 0.142. The van der Waals surface area contributed by atoms with Gasteiger partial charge in [0.25, 0.3) is 0 Å². The van der Waals surface area contributed by atoms with E-state index in [4.69, 9.17) is 9.47 Å². The lowest BCUT2D eigenvalue weighted by Gasteiger charge is -2.14. The van der Waals surface area contributed by atoms with Gasteiger partial charge >= 0.3 is 5.97 Å². The Bertz CT molecular complexity index is 978. The molecular weight excluding hydrogens is 366 g/mol. The van der Waals surface area contributed by atoms with Crippen LogP contribution in [0.2, 0.25) is 0 Å². The van der Waals surface area contributed by atoms with Crippen molar-refractivity contribution >= 4 is 22.1 Å². The zero-order valence-electron chi connectivity index (χ0n) is 16.0. The van der Waals surface area contributed by atoms with Crippen LogP contribution >= 0.6 is 0 Å². The zero-order valence-corrected chi connectivity index (χ0v) is 16.8. The minimum atomic E-state index is -3.68. The molecule has 0 aliphatic heterocycles. The number of rotatable bonds is 6. The van der Waals surface area contributed by atoms with Crippen LogP contribution in [-0.2, 0) is 14.8 Å². The van der Waals surface area contributed by atoms with Gasteiger partial charge in [0.05, 0.1) is 7.11 Å². The first-order valence-electron chi connectivity index (χ1n) is 8.23. The first kappa shape index (κ1) is 20.7. The standard InChI is InChI=1S/C20H23NO5S/c1-14-6-9-17(12-15(14)2)26-20(22)11-8-16-7-10-18(25-5)19(13-16)27(23,24)21(3)4/h6-13H,1-5H3/b11-8+. The van der Waals surface area contributed by atoms with Gasteiger partial charge in [-0.3, -0.25) is 0 Å². The maximum Gasteiger partial charge on any atom is 0.336 e. The molecule has 0 heterocycles. The van der Waals surface area contributed by atoms with E-state index >= 15 is 0 Å². The lowest BCUT2D eigenvalue weighted by molar-refractivity contribution is -0.128. The molecule has 2 aromatic rings. The van der Waals surface area contributed by atoms with Crippen LogP contribution in [0.5, 0.6) is 11.5 Å². The zero-order chi connectivity index (χ0) is 20.2. The quantitative estimate of drug-likeness (QED) is 0.431. The molecule has 2 rings (SSSR count). The van der Waals surface area contributed by atoms with E-state index < -0.39 is 16.0 Å². The third-order valence-electron chi connectivity index (χ3n) is 4.05. The molecule has 0 saturated carbocycles. The fourth-order valence-corrected chi connectivity index (χ4v) is 3.37. The van der Waals surface area contributed by atoms with E-state index in [-0.39, 0.29) is 10.6 Å². The van der Waals surface area contributed by atoms with Crippen molar-refractivity contribution in [3.05, 3.63) is 59.2 Å². The first-order chi connectivity index (χ1) is 12.6. The van der Waals surface area contributed by atoms with Crippen molar-refractivity contribution in [1.82, 2.24) is 4.31 Å². The van der Waals surface area contributed by atoms with Crippen molar-refractivity contribution in [3.63, 3.8) is 0 Å². The number of nitrogens with zero attached hydrogens (tertiary/aromatic N) is 1.